The Hall–Kier alpha value is -0.690. The lowest BCUT2D eigenvalue weighted by Crippen LogP contribution is -2.25. The van der Waals surface area contributed by atoms with Crippen LogP contribution in [0.25, 0.3) is 0 Å². The molecule has 0 amide bonds. The van der Waals surface area contributed by atoms with Crippen LogP contribution in [-0.2, 0) is 16.6 Å². The van der Waals surface area contributed by atoms with Gasteiger partial charge in [-0.05, 0) is 31.2 Å². The van der Waals surface area contributed by atoms with E-state index in [-0.39, 0.29) is 9.92 Å². The fourth-order valence-corrected chi connectivity index (χ4v) is 3.25. The average Bonchev–Trinajstić information content (AvgIpc) is 2.43. The molecule has 1 rings (SSSR count). The molecule has 0 unspecified atom stereocenters. The number of benzene rings is 1. The van der Waals surface area contributed by atoms with Crippen LogP contribution in [0.2, 0.25) is 5.02 Å². The molecule has 0 aliphatic heterocycles. The highest BCUT2D eigenvalue weighted by Gasteiger charge is 2.18. The van der Waals surface area contributed by atoms with Gasteiger partial charge in [0.2, 0.25) is 10.0 Å². The third kappa shape index (κ3) is 5.54. The van der Waals surface area contributed by atoms with E-state index in [0.717, 1.165) is 31.7 Å². The molecule has 0 spiro atoms. The summed E-state index contributed by atoms with van der Waals surface area (Å²) in [7, 11) is -2.02. The smallest absolute Gasteiger partial charge is 0.240 e. The zero-order valence-electron chi connectivity index (χ0n) is 12.4. The van der Waals surface area contributed by atoms with Gasteiger partial charge in [-0.3, -0.25) is 0 Å². The van der Waals surface area contributed by atoms with Crippen molar-refractivity contribution in [1.82, 2.24) is 10.0 Å². The van der Waals surface area contributed by atoms with Crippen LogP contribution < -0.4 is 10.0 Å². The van der Waals surface area contributed by atoms with Crippen LogP contribution in [0.15, 0.2) is 17.0 Å². The second-order valence-electron chi connectivity index (χ2n) is 4.87. The molecule has 0 heterocycles. The van der Waals surface area contributed by atoms with Crippen molar-refractivity contribution in [2.75, 3.05) is 13.6 Å². The lowest BCUT2D eigenvalue weighted by atomic mass is 10.2. The predicted octanol–water partition coefficient (Wildman–Crippen LogP) is 3.06. The van der Waals surface area contributed by atoms with E-state index >= 15 is 0 Å². The van der Waals surface area contributed by atoms with Gasteiger partial charge in [-0.1, -0.05) is 37.8 Å². The molecular formula is C14H22ClFN2O2S. The minimum atomic E-state index is -3.70. The lowest BCUT2D eigenvalue weighted by molar-refractivity contribution is 0.569. The van der Waals surface area contributed by atoms with E-state index < -0.39 is 15.8 Å². The number of unbranched alkanes of at least 4 members (excludes halogenated alkanes) is 3. The van der Waals surface area contributed by atoms with Gasteiger partial charge in [-0.15, -0.1) is 0 Å². The first-order valence-corrected chi connectivity index (χ1v) is 8.90. The zero-order valence-corrected chi connectivity index (χ0v) is 14.0. The van der Waals surface area contributed by atoms with Crippen LogP contribution in [0.1, 0.15) is 38.2 Å². The zero-order chi connectivity index (χ0) is 15.9. The third-order valence-corrected chi connectivity index (χ3v) is 4.94. The van der Waals surface area contributed by atoms with Crippen molar-refractivity contribution >= 4 is 21.6 Å². The Bertz CT molecular complexity index is 564. The summed E-state index contributed by atoms with van der Waals surface area (Å²) in [6.07, 6.45) is 3.90. The molecule has 7 heteroatoms. The molecule has 21 heavy (non-hydrogen) atoms. The van der Waals surface area contributed by atoms with Gasteiger partial charge in [0.05, 0.1) is 9.92 Å². The van der Waals surface area contributed by atoms with Gasteiger partial charge < -0.3 is 5.32 Å². The van der Waals surface area contributed by atoms with Crippen molar-refractivity contribution in [2.24, 2.45) is 0 Å². The molecule has 1 aromatic rings. The molecular weight excluding hydrogens is 315 g/mol. The van der Waals surface area contributed by atoms with Gasteiger partial charge in [-0.25, -0.2) is 17.5 Å². The van der Waals surface area contributed by atoms with Crippen LogP contribution >= 0.6 is 11.6 Å². The van der Waals surface area contributed by atoms with Crippen molar-refractivity contribution in [3.8, 4) is 0 Å². The molecule has 0 aliphatic carbocycles. The van der Waals surface area contributed by atoms with E-state index in [1.54, 1.807) is 7.05 Å². The topological polar surface area (TPSA) is 58.2 Å². The maximum atomic E-state index is 13.7. The highest BCUT2D eigenvalue weighted by atomic mass is 35.5. The van der Waals surface area contributed by atoms with Gasteiger partial charge in [0.15, 0.2) is 0 Å². The van der Waals surface area contributed by atoms with E-state index in [1.165, 1.54) is 6.07 Å². The van der Waals surface area contributed by atoms with Crippen molar-refractivity contribution in [3.05, 3.63) is 28.5 Å². The fourth-order valence-electron chi connectivity index (χ4n) is 1.93. The predicted molar refractivity (Wildman–Crippen MR) is 83.5 cm³/mol. The van der Waals surface area contributed by atoms with E-state index in [0.29, 0.717) is 18.7 Å². The van der Waals surface area contributed by atoms with Gasteiger partial charge in [0, 0.05) is 13.1 Å². The summed E-state index contributed by atoms with van der Waals surface area (Å²) in [5, 5.41) is 2.78. The summed E-state index contributed by atoms with van der Waals surface area (Å²) in [5.41, 5.74) is 0.422. The van der Waals surface area contributed by atoms with Crippen LogP contribution in [0.4, 0.5) is 4.39 Å². The maximum Gasteiger partial charge on any atom is 0.240 e. The summed E-state index contributed by atoms with van der Waals surface area (Å²) in [5.74, 6) is -0.726. The molecule has 0 aromatic heterocycles. The van der Waals surface area contributed by atoms with E-state index in [2.05, 4.69) is 17.0 Å². The Balaban J connectivity index is 2.83. The Morgan fingerprint density at radius 1 is 1.24 bits per heavy atom. The van der Waals surface area contributed by atoms with Crippen molar-refractivity contribution in [1.29, 1.82) is 0 Å². The Morgan fingerprint density at radius 3 is 2.57 bits per heavy atom. The monoisotopic (exact) mass is 336 g/mol. The number of hydrogen-bond acceptors (Lipinski definition) is 3. The van der Waals surface area contributed by atoms with E-state index in [4.69, 9.17) is 11.6 Å². The SMILES string of the molecule is CCCCCCNS(=O)(=O)c1cc(F)c(Cl)c(CNC)c1. The summed E-state index contributed by atoms with van der Waals surface area (Å²) < 4.78 is 40.5. The Labute approximate surface area is 131 Å². The molecule has 0 fully saturated rings. The molecule has 0 saturated carbocycles. The molecule has 0 saturated heterocycles. The van der Waals surface area contributed by atoms with Crippen molar-refractivity contribution in [3.63, 3.8) is 0 Å². The quantitative estimate of drug-likeness (QED) is 0.681. The fraction of sp³-hybridized carbons (Fsp3) is 0.571. The molecule has 0 bridgehead atoms. The minimum absolute atomic E-state index is 0.0498. The largest absolute Gasteiger partial charge is 0.316 e. The van der Waals surface area contributed by atoms with Gasteiger partial charge in [-0.2, -0.15) is 0 Å². The molecule has 120 valence electrons. The van der Waals surface area contributed by atoms with Crippen LogP contribution in [0.5, 0.6) is 0 Å². The molecule has 2 N–H and O–H groups in total. The van der Waals surface area contributed by atoms with Gasteiger partial charge in [0.25, 0.3) is 0 Å². The van der Waals surface area contributed by atoms with E-state index in [9.17, 15) is 12.8 Å². The number of rotatable bonds is 9. The molecule has 0 radical (unpaired) electrons. The maximum absolute atomic E-state index is 13.7. The number of sulfonamides is 1. The highest BCUT2D eigenvalue weighted by molar-refractivity contribution is 7.89. The Kier molecular flexibility index (Phi) is 7.59. The third-order valence-electron chi connectivity index (χ3n) is 3.08. The first-order valence-electron chi connectivity index (χ1n) is 7.04. The minimum Gasteiger partial charge on any atom is -0.316 e. The van der Waals surface area contributed by atoms with Crippen LogP contribution in [0.3, 0.4) is 0 Å². The first-order chi connectivity index (χ1) is 9.92. The Morgan fingerprint density at radius 2 is 1.95 bits per heavy atom. The molecule has 0 aliphatic rings. The number of hydrogen-bond donors (Lipinski definition) is 2. The van der Waals surface area contributed by atoms with Crippen LogP contribution in [-0.4, -0.2) is 22.0 Å². The highest BCUT2D eigenvalue weighted by Crippen LogP contribution is 2.24. The second-order valence-corrected chi connectivity index (χ2v) is 7.01. The number of halogens is 2. The van der Waals surface area contributed by atoms with E-state index in [1.807, 2.05) is 0 Å². The van der Waals surface area contributed by atoms with Crippen molar-refractivity contribution < 1.29 is 12.8 Å². The van der Waals surface area contributed by atoms with Gasteiger partial charge in [0.1, 0.15) is 5.82 Å². The summed E-state index contributed by atoms with van der Waals surface area (Å²) in [6, 6.07) is 2.35. The van der Waals surface area contributed by atoms with Crippen molar-refractivity contribution in [2.45, 2.75) is 44.0 Å². The average molecular weight is 337 g/mol. The lowest BCUT2D eigenvalue weighted by Gasteiger charge is -2.10. The summed E-state index contributed by atoms with van der Waals surface area (Å²) in [4.78, 5) is -0.0925. The summed E-state index contributed by atoms with van der Waals surface area (Å²) >= 11 is 5.83. The summed E-state index contributed by atoms with van der Waals surface area (Å²) in [6.45, 7) is 2.74. The molecule has 4 nitrogen and oxygen atoms in total. The number of nitrogens with one attached hydrogen (secondary N) is 2. The second kappa shape index (κ2) is 8.68. The normalized spacial score (nSPS) is 11.8. The van der Waals surface area contributed by atoms with Gasteiger partial charge >= 0.3 is 0 Å². The molecule has 1 aromatic carbocycles. The van der Waals surface area contributed by atoms with Crippen LogP contribution in [0, 0.1) is 5.82 Å². The molecule has 0 atom stereocenters. The first kappa shape index (κ1) is 18.4. The standard InChI is InChI=1S/C14H22ClFN2O2S/c1-3-4-5-6-7-18-21(19,20)12-8-11(10-17-2)14(15)13(16)9-12/h8-9,17-18H,3-7,10H2,1-2H3.